The molecular weight excluding hydrogens is 430 g/mol. The summed E-state index contributed by atoms with van der Waals surface area (Å²) in [4.78, 5) is 24.7. The van der Waals surface area contributed by atoms with E-state index < -0.39 is 18.0 Å². The van der Waals surface area contributed by atoms with Gasteiger partial charge in [0.15, 0.2) is 6.10 Å². The smallest absolute Gasteiger partial charge is 0.339 e. The van der Waals surface area contributed by atoms with Crippen LogP contribution >= 0.6 is 15.9 Å². The van der Waals surface area contributed by atoms with Crippen LogP contribution in [0.15, 0.2) is 40.9 Å². The van der Waals surface area contributed by atoms with E-state index in [1.807, 2.05) is 6.92 Å². The molecule has 0 fully saturated rings. The third kappa shape index (κ3) is 5.39. The first kappa shape index (κ1) is 21.6. The molecule has 0 aliphatic heterocycles. The predicted octanol–water partition coefficient (Wildman–Crippen LogP) is 4.05. The average molecular weight is 452 g/mol. The van der Waals surface area contributed by atoms with Crippen molar-refractivity contribution >= 4 is 33.5 Å². The largest absolute Gasteiger partial charge is 0.495 e. The molecule has 1 unspecified atom stereocenters. The van der Waals surface area contributed by atoms with Gasteiger partial charge in [0.25, 0.3) is 5.91 Å². The molecule has 0 bridgehead atoms. The lowest BCUT2D eigenvalue weighted by molar-refractivity contribution is -0.123. The van der Waals surface area contributed by atoms with Crippen LogP contribution in [-0.2, 0) is 9.53 Å². The van der Waals surface area contributed by atoms with Crippen molar-refractivity contribution in [2.45, 2.75) is 20.0 Å². The molecule has 1 amide bonds. The van der Waals surface area contributed by atoms with Crippen molar-refractivity contribution in [1.82, 2.24) is 0 Å². The number of anilines is 1. The van der Waals surface area contributed by atoms with Gasteiger partial charge in [0.1, 0.15) is 21.7 Å². The molecule has 0 aliphatic rings. The highest BCUT2D eigenvalue weighted by atomic mass is 79.9. The number of carbonyl (C=O) groups excluding carboxylic acids is 2. The summed E-state index contributed by atoms with van der Waals surface area (Å²) in [6.45, 7) is 3.95. The van der Waals surface area contributed by atoms with Crippen LogP contribution in [0.5, 0.6) is 17.2 Å². The van der Waals surface area contributed by atoms with Crippen LogP contribution < -0.4 is 19.5 Å². The second-order valence-electron chi connectivity index (χ2n) is 5.69. The Bertz CT molecular complexity index is 812. The topological polar surface area (TPSA) is 83.1 Å². The molecule has 0 saturated carbocycles. The average Bonchev–Trinajstić information content (AvgIpc) is 2.69. The molecule has 0 heterocycles. The van der Waals surface area contributed by atoms with E-state index in [2.05, 4.69) is 21.2 Å². The monoisotopic (exact) mass is 451 g/mol. The van der Waals surface area contributed by atoms with Gasteiger partial charge < -0.3 is 24.3 Å². The minimum atomic E-state index is -1.00. The Labute approximate surface area is 172 Å². The summed E-state index contributed by atoms with van der Waals surface area (Å²) in [7, 11) is 2.95. The molecule has 8 heteroatoms. The number of nitrogens with one attached hydrogen (secondary N) is 1. The number of ether oxygens (including phenoxy) is 4. The molecule has 28 heavy (non-hydrogen) atoms. The highest BCUT2D eigenvalue weighted by molar-refractivity contribution is 9.10. The molecule has 0 saturated heterocycles. The van der Waals surface area contributed by atoms with E-state index in [-0.39, 0.29) is 5.56 Å². The second kappa shape index (κ2) is 9.98. The van der Waals surface area contributed by atoms with Crippen molar-refractivity contribution in [3.05, 3.63) is 46.4 Å². The summed E-state index contributed by atoms with van der Waals surface area (Å²) in [6, 6.07) is 9.92. The van der Waals surface area contributed by atoms with Crippen LogP contribution in [0.3, 0.4) is 0 Å². The standard InChI is InChI=1S/C20H22BrNO6/c1-5-27-15-8-6-14(7-9-15)22-19(23)12(2)28-20(24)13-10-16(25-3)18(21)17(11-13)26-4/h6-12H,5H2,1-4H3,(H,22,23). The summed E-state index contributed by atoms with van der Waals surface area (Å²) >= 11 is 3.34. The Morgan fingerprint density at radius 2 is 1.64 bits per heavy atom. The molecule has 2 aromatic carbocycles. The number of esters is 1. The highest BCUT2D eigenvalue weighted by Gasteiger charge is 2.21. The van der Waals surface area contributed by atoms with Crippen molar-refractivity contribution in [2.75, 3.05) is 26.1 Å². The van der Waals surface area contributed by atoms with Crippen molar-refractivity contribution in [3.8, 4) is 17.2 Å². The molecule has 150 valence electrons. The maximum Gasteiger partial charge on any atom is 0.339 e. The molecule has 2 aromatic rings. The Morgan fingerprint density at radius 1 is 1.07 bits per heavy atom. The van der Waals surface area contributed by atoms with E-state index in [9.17, 15) is 9.59 Å². The summed E-state index contributed by atoms with van der Waals surface area (Å²) in [5, 5.41) is 2.69. The highest BCUT2D eigenvalue weighted by Crippen LogP contribution is 2.35. The Balaban J connectivity index is 2.04. The molecule has 0 aromatic heterocycles. The number of carbonyl (C=O) groups is 2. The molecule has 0 aliphatic carbocycles. The Hall–Kier alpha value is -2.74. The molecule has 0 spiro atoms. The van der Waals surface area contributed by atoms with Gasteiger partial charge in [-0.15, -0.1) is 0 Å². The van der Waals surface area contributed by atoms with Crippen LogP contribution in [-0.4, -0.2) is 38.8 Å². The number of benzene rings is 2. The lowest BCUT2D eigenvalue weighted by Crippen LogP contribution is -2.30. The summed E-state index contributed by atoms with van der Waals surface area (Å²) in [5.74, 6) is 0.417. The first-order valence-electron chi connectivity index (χ1n) is 8.55. The van der Waals surface area contributed by atoms with Crippen molar-refractivity contribution in [3.63, 3.8) is 0 Å². The Morgan fingerprint density at radius 3 is 2.14 bits per heavy atom. The molecule has 0 radical (unpaired) electrons. The zero-order chi connectivity index (χ0) is 20.7. The van der Waals surface area contributed by atoms with Gasteiger partial charge in [-0.25, -0.2) is 4.79 Å². The predicted molar refractivity (Wildman–Crippen MR) is 108 cm³/mol. The first-order valence-corrected chi connectivity index (χ1v) is 9.35. The van der Waals surface area contributed by atoms with Gasteiger partial charge in [0.2, 0.25) is 0 Å². The van der Waals surface area contributed by atoms with Crippen molar-refractivity contribution < 1.29 is 28.5 Å². The fourth-order valence-electron chi connectivity index (χ4n) is 2.31. The van der Waals surface area contributed by atoms with Gasteiger partial charge in [-0.05, 0) is 66.2 Å². The van der Waals surface area contributed by atoms with Crippen LogP contribution in [0, 0.1) is 0 Å². The van der Waals surface area contributed by atoms with Crippen LogP contribution in [0.2, 0.25) is 0 Å². The van der Waals surface area contributed by atoms with Gasteiger partial charge in [-0.1, -0.05) is 0 Å². The third-order valence-electron chi connectivity index (χ3n) is 3.77. The van der Waals surface area contributed by atoms with Crippen LogP contribution in [0.4, 0.5) is 5.69 Å². The third-order valence-corrected chi connectivity index (χ3v) is 4.55. The van der Waals surface area contributed by atoms with Crippen molar-refractivity contribution in [1.29, 1.82) is 0 Å². The summed E-state index contributed by atoms with van der Waals surface area (Å²) in [6.07, 6.45) is -1.00. The minimum absolute atomic E-state index is 0.206. The Kier molecular flexibility index (Phi) is 7.69. The van der Waals surface area contributed by atoms with E-state index in [1.54, 1.807) is 24.3 Å². The molecule has 2 rings (SSSR count). The maximum absolute atomic E-state index is 12.4. The molecule has 7 nitrogen and oxygen atoms in total. The quantitative estimate of drug-likeness (QED) is 0.609. The second-order valence-corrected chi connectivity index (χ2v) is 6.48. The molecular formula is C20H22BrNO6. The van der Waals surface area contributed by atoms with Crippen LogP contribution in [0.1, 0.15) is 24.2 Å². The number of amides is 1. The lowest BCUT2D eigenvalue weighted by atomic mass is 10.2. The molecule has 1 N–H and O–H groups in total. The van der Waals surface area contributed by atoms with E-state index in [0.717, 1.165) is 0 Å². The van der Waals surface area contributed by atoms with Crippen molar-refractivity contribution in [2.24, 2.45) is 0 Å². The maximum atomic E-state index is 12.4. The van der Waals surface area contributed by atoms with E-state index in [4.69, 9.17) is 18.9 Å². The fraction of sp³-hybridized carbons (Fsp3) is 0.300. The van der Waals surface area contributed by atoms with E-state index >= 15 is 0 Å². The lowest BCUT2D eigenvalue weighted by Gasteiger charge is -2.15. The summed E-state index contributed by atoms with van der Waals surface area (Å²) < 4.78 is 21.6. The van der Waals surface area contributed by atoms with Gasteiger partial charge in [-0.3, -0.25) is 4.79 Å². The number of rotatable bonds is 8. The van der Waals surface area contributed by atoms with Gasteiger partial charge in [-0.2, -0.15) is 0 Å². The summed E-state index contributed by atoms with van der Waals surface area (Å²) in [5.41, 5.74) is 0.779. The SMILES string of the molecule is CCOc1ccc(NC(=O)C(C)OC(=O)c2cc(OC)c(Br)c(OC)c2)cc1. The number of hydrogen-bond donors (Lipinski definition) is 1. The number of halogens is 1. The molecule has 1 atom stereocenters. The minimum Gasteiger partial charge on any atom is -0.495 e. The van der Waals surface area contributed by atoms with Crippen LogP contribution in [0.25, 0.3) is 0 Å². The zero-order valence-corrected chi connectivity index (χ0v) is 17.7. The normalized spacial score (nSPS) is 11.3. The van der Waals surface area contributed by atoms with E-state index in [0.29, 0.717) is 34.0 Å². The van der Waals surface area contributed by atoms with E-state index in [1.165, 1.54) is 33.3 Å². The van der Waals surface area contributed by atoms with Gasteiger partial charge >= 0.3 is 5.97 Å². The first-order chi connectivity index (χ1) is 13.4. The number of hydrogen-bond acceptors (Lipinski definition) is 6. The van der Waals surface area contributed by atoms with Gasteiger partial charge in [0.05, 0.1) is 26.4 Å². The zero-order valence-electron chi connectivity index (χ0n) is 16.1. The van der Waals surface area contributed by atoms with Gasteiger partial charge in [0, 0.05) is 5.69 Å². The fourth-order valence-corrected chi connectivity index (χ4v) is 2.87. The number of methoxy groups -OCH3 is 2.